The predicted molar refractivity (Wildman–Crippen MR) is 61.7 cm³/mol. The number of carbonyl (C=O) groups excluding carboxylic acids is 1. The molecular formula is C13H23NO. The lowest BCUT2D eigenvalue weighted by Gasteiger charge is -2.52. The molecule has 0 aliphatic heterocycles. The normalized spacial score (nSPS) is 39.7. The van der Waals surface area contributed by atoms with Crippen molar-refractivity contribution in [1.29, 1.82) is 0 Å². The molecule has 3 rings (SSSR count). The molecule has 0 aromatic heterocycles. The Bertz CT molecular complexity index is 251. The quantitative estimate of drug-likeness (QED) is 0.773. The molecule has 2 nitrogen and oxygen atoms in total. The number of Topliss-reactive ketones (excluding diaryl/α,β-unsaturated/α-hetero) is 1. The molecule has 3 aliphatic carbocycles. The van der Waals surface area contributed by atoms with Crippen LogP contribution in [0.3, 0.4) is 0 Å². The van der Waals surface area contributed by atoms with E-state index < -0.39 is 0 Å². The molecule has 0 aromatic carbocycles. The van der Waals surface area contributed by atoms with E-state index in [1.165, 1.54) is 25.7 Å². The molecule has 0 radical (unpaired) electrons. The van der Waals surface area contributed by atoms with Gasteiger partial charge in [0.1, 0.15) is 5.78 Å². The van der Waals surface area contributed by atoms with Gasteiger partial charge in [-0.05, 0) is 45.1 Å². The zero-order valence-corrected chi connectivity index (χ0v) is 10.2. The second-order valence-electron chi connectivity index (χ2n) is 5.69. The summed E-state index contributed by atoms with van der Waals surface area (Å²) in [5, 5.41) is 3.47. The van der Waals surface area contributed by atoms with Crippen molar-refractivity contribution < 1.29 is 4.79 Å². The number of rotatable bonds is 3. The highest BCUT2D eigenvalue weighted by atomic mass is 16.1. The van der Waals surface area contributed by atoms with Crippen LogP contribution in [0.4, 0.5) is 0 Å². The summed E-state index contributed by atoms with van der Waals surface area (Å²) >= 11 is 0. The molecule has 0 heterocycles. The summed E-state index contributed by atoms with van der Waals surface area (Å²) in [6, 6.07) is 0. The first kappa shape index (κ1) is 11.1. The third kappa shape index (κ3) is 1.73. The molecule has 1 atom stereocenters. The van der Waals surface area contributed by atoms with Gasteiger partial charge in [-0.2, -0.15) is 0 Å². The summed E-state index contributed by atoms with van der Waals surface area (Å²) in [5.74, 6) is 1.79. The lowest BCUT2D eigenvalue weighted by atomic mass is 9.58. The van der Waals surface area contributed by atoms with Crippen LogP contribution in [-0.2, 0) is 4.79 Å². The van der Waals surface area contributed by atoms with E-state index in [2.05, 4.69) is 5.32 Å². The van der Waals surface area contributed by atoms with Crippen molar-refractivity contribution in [3.05, 3.63) is 0 Å². The maximum atomic E-state index is 12.2. The van der Waals surface area contributed by atoms with Gasteiger partial charge < -0.3 is 5.32 Å². The second kappa shape index (κ2) is 3.89. The van der Waals surface area contributed by atoms with Crippen molar-refractivity contribution in [3.8, 4) is 0 Å². The third-order valence-electron chi connectivity index (χ3n) is 4.64. The Morgan fingerprint density at radius 1 is 1.33 bits per heavy atom. The van der Waals surface area contributed by atoms with Gasteiger partial charge in [-0.1, -0.05) is 13.8 Å². The first-order valence-electron chi connectivity index (χ1n) is 6.31. The summed E-state index contributed by atoms with van der Waals surface area (Å²) < 4.78 is 0. The summed E-state index contributed by atoms with van der Waals surface area (Å²) in [4.78, 5) is 12.2. The molecule has 3 aliphatic rings. The van der Waals surface area contributed by atoms with Gasteiger partial charge in [-0.3, -0.25) is 4.79 Å². The molecule has 0 saturated heterocycles. The summed E-state index contributed by atoms with van der Waals surface area (Å²) in [7, 11) is 2.03. The van der Waals surface area contributed by atoms with Crippen molar-refractivity contribution in [2.75, 3.05) is 7.05 Å². The van der Waals surface area contributed by atoms with Crippen molar-refractivity contribution in [2.45, 2.75) is 51.5 Å². The molecule has 0 aromatic rings. The van der Waals surface area contributed by atoms with Crippen LogP contribution < -0.4 is 5.32 Å². The fourth-order valence-electron chi connectivity index (χ4n) is 3.55. The summed E-state index contributed by atoms with van der Waals surface area (Å²) in [6.45, 7) is 4.07. The van der Waals surface area contributed by atoms with Crippen LogP contribution in [0.15, 0.2) is 0 Å². The monoisotopic (exact) mass is 209 g/mol. The number of hydrogen-bond donors (Lipinski definition) is 1. The van der Waals surface area contributed by atoms with Crippen LogP contribution in [0.1, 0.15) is 46.0 Å². The maximum absolute atomic E-state index is 12.2. The molecule has 1 unspecified atom stereocenters. The largest absolute Gasteiger partial charge is 0.314 e. The van der Waals surface area contributed by atoms with Gasteiger partial charge in [-0.15, -0.1) is 0 Å². The smallest absolute Gasteiger partial charge is 0.140 e. The van der Waals surface area contributed by atoms with Crippen molar-refractivity contribution in [1.82, 2.24) is 5.32 Å². The average molecular weight is 209 g/mol. The first-order chi connectivity index (χ1) is 7.09. The van der Waals surface area contributed by atoms with Gasteiger partial charge in [0.15, 0.2) is 0 Å². The van der Waals surface area contributed by atoms with Gasteiger partial charge in [0.05, 0.1) is 0 Å². The molecule has 3 saturated carbocycles. The Morgan fingerprint density at radius 2 is 1.93 bits per heavy atom. The van der Waals surface area contributed by atoms with E-state index in [1.54, 1.807) is 0 Å². The number of ketones is 1. The Hall–Kier alpha value is -0.370. The van der Waals surface area contributed by atoms with Crippen LogP contribution in [0, 0.1) is 17.8 Å². The number of hydrogen-bond acceptors (Lipinski definition) is 2. The zero-order chi connectivity index (χ0) is 11.1. The van der Waals surface area contributed by atoms with E-state index in [0.29, 0.717) is 5.78 Å². The van der Waals surface area contributed by atoms with Gasteiger partial charge in [-0.25, -0.2) is 0 Å². The molecule has 3 fully saturated rings. The standard InChI is InChI=1S/C13H23NO/c1-9(2)12(15)11-8-10-4-6-13(11,14-3)7-5-10/h9-11,14H,4-8H2,1-3H3. The number of carbonyl (C=O) groups is 1. The van der Waals surface area contributed by atoms with E-state index >= 15 is 0 Å². The first-order valence-corrected chi connectivity index (χ1v) is 6.31. The SMILES string of the molecule is CNC12CCC(CC1)CC2C(=O)C(C)C. The highest BCUT2D eigenvalue weighted by Crippen LogP contribution is 2.48. The molecular weight excluding hydrogens is 186 g/mol. The molecule has 0 amide bonds. The lowest BCUT2D eigenvalue weighted by molar-refractivity contribution is -0.133. The highest BCUT2D eigenvalue weighted by Gasteiger charge is 2.49. The van der Waals surface area contributed by atoms with Crippen LogP contribution >= 0.6 is 0 Å². The van der Waals surface area contributed by atoms with Crippen molar-refractivity contribution >= 4 is 5.78 Å². The van der Waals surface area contributed by atoms with E-state index in [0.717, 1.165) is 12.3 Å². The van der Waals surface area contributed by atoms with Gasteiger partial charge in [0, 0.05) is 17.4 Å². The molecule has 2 heteroatoms. The lowest BCUT2D eigenvalue weighted by Crippen LogP contribution is -2.59. The number of nitrogens with one attached hydrogen (secondary N) is 1. The van der Waals surface area contributed by atoms with Crippen molar-refractivity contribution in [3.63, 3.8) is 0 Å². The minimum Gasteiger partial charge on any atom is -0.314 e. The Balaban J connectivity index is 2.20. The van der Waals surface area contributed by atoms with Crippen LogP contribution in [0.5, 0.6) is 0 Å². The molecule has 15 heavy (non-hydrogen) atoms. The van der Waals surface area contributed by atoms with Crippen LogP contribution in [-0.4, -0.2) is 18.4 Å². The minimum absolute atomic E-state index is 0.149. The Morgan fingerprint density at radius 3 is 2.40 bits per heavy atom. The zero-order valence-electron chi connectivity index (χ0n) is 10.2. The summed E-state index contributed by atoms with van der Waals surface area (Å²) in [6.07, 6.45) is 6.19. The van der Waals surface area contributed by atoms with Crippen LogP contribution in [0.2, 0.25) is 0 Å². The van der Waals surface area contributed by atoms with Crippen LogP contribution in [0.25, 0.3) is 0 Å². The molecule has 86 valence electrons. The number of fused-ring (bicyclic) bond motifs is 3. The minimum atomic E-state index is 0.149. The topological polar surface area (TPSA) is 29.1 Å². The highest BCUT2D eigenvalue weighted by molar-refractivity contribution is 5.84. The molecule has 2 bridgehead atoms. The van der Waals surface area contributed by atoms with Crippen molar-refractivity contribution in [2.24, 2.45) is 17.8 Å². The van der Waals surface area contributed by atoms with E-state index in [1.807, 2.05) is 20.9 Å². The summed E-state index contributed by atoms with van der Waals surface area (Å²) in [5.41, 5.74) is 0.149. The predicted octanol–water partition coefficient (Wildman–Crippen LogP) is 2.38. The van der Waals surface area contributed by atoms with Gasteiger partial charge in [0.2, 0.25) is 0 Å². The van der Waals surface area contributed by atoms with E-state index in [9.17, 15) is 4.79 Å². The Labute approximate surface area is 92.8 Å². The fraction of sp³-hybridized carbons (Fsp3) is 0.923. The third-order valence-corrected chi connectivity index (χ3v) is 4.64. The molecule has 1 N–H and O–H groups in total. The molecule has 0 spiro atoms. The second-order valence-corrected chi connectivity index (χ2v) is 5.69. The average Bonchev–Trinajstić information content (AvgIpc) is 2.29. The Kier molecular flexibility index (Phi) is 2.89. The van der Waals surface area contributed by atoms with Gasteiger partial charge in [0.25, 0.3) is 0 Å². The van der Waals surface area contributed by atoms with E-state index in [-0.39, 0.29) is 17.4 Å². The maximum Gasteiger partial charge on any atom is 0.140 e. The fourth-order valence-corrected chi connectivity index (χ4v) is 3.55. The van der Waals surface area contributed by atoms with Gasteiger partial charge >= 0.3 is 0 Å². The van der Waals surface area contributed by atoms with E-state index in [4.69, 9.17) is 0 Å².